The molecule has 1 aromatic rings. The molecule has 2 fully saturated rings. The third-order valence-corrected chi connectivity index (χ3v) is 6.51. The summed E-state index contributed by atoms with van der Waals surface area (Å²) < 4.78 is 47.4. The number of pyridine rings is 1. The van der Waals surface area contributed by atoms with Crippen molar-refractivity contribution in [1.29, 1.82) is 0 Å². The quantitative estimate of drug-likeness (QED) is 0.181. The van der Waals surface area contributed by atoms with Gasteiger partial charge in [-0.1, -0.05) is 13.0 Å². The lowest BCUT2D eigenvalue weighted by molar-refractivity contribution is 0.184. The minimum absolute atomic E-state index is 0.0935. The molecule has 1 N–H and O–H groups in total. The molecule has 5 nitrogen and oxygen atoms in total. The molecule has 0 aromatic carbocycles. The Morgan fingerprint density at radius 2 is 2.11 bits per heavy atom. The number of hydrogen-bond acceptors (Lipinski definition) is 5. The topological polar surface area (TPSA) is 62.5 Å². The molecule has 2 heterocycles. The fourth-order valence-corrected chi connectivity index (χ4v) is 3.79. The Morgan fingerprint density at radius 3 is 2.78 bits per heavy atom. The minimum atomic E-state index is -0.559. The second kappa shape index (κ2) is 12.3. The van der Waals surface area contributed by atoms with Crippen molar-refractivity contribution in [3.63, 3.8) is 0 Å². The summed E-state index contributed by atoms with van der Waals surface area (Å²) in [7, 11) is 0. The van der Waals surface area contributed by atoms with Crippen LogP contribution in [0.2, 0.25) is 0 Å². The molecule has 1 aliphatic heterocycles. The first kappa shape index (κ1) is 26.1. The Morgan fingerprint density at radius 1 is 1.31 bits per heavy atom. The van der Waals surface area contributed by atoms with Gasteiger partial charge in [0.25, 0.3) is 0 Å². The van der Waals surface area contributed by atoms with Crippen molar-refractivity contribution >= 4 is 0 Å². The van der Waals surface area contributed by atoms with Crippen LogP contribution in [0, 0.1) is 11.7 Å². The number of nitrogens with one attached hydrogen (secondary N) is 1. The number of allylic oxidation sites excluding steroid dienone is 7. The van der Waals surface area contributed by atoms with Crippen LogP contribution in [0.5, 0.6) is 5.75 Å². The first-order valence-corrected chi connectivity index (χ1v) is 12.9. The zero-order chi connectivity index (χ0) is 25.5. The predicted octanol–water partition coefficient (Wildman–Crippen LogP) is 6.95. The first-order valence-electron chi connectivity index (χ1n) is 12.9. The van der Waals surface area contributed by atoms with Crippen LogP contribution in [0.15, 0.2) is 70.8 Å². The molecule has 0 amide bonds. The molecule has 194 valence electrons. The zero-order valence-corrected chi connectivity index (χ0v) is 21.4. The molecule has 0 spiro atoms. The van der Waals surface area contributed by atoms with E-state index in [1.165, 1.54) is 31.2 Å². The van der Waals surface area contributed by atoms with E-state index in [0.717, 1.165) is 42.9 Å². The maximum Gasteiger partial charge on any atom is 0.165 e. The van der Waals surface area contributed by atoms with E-state index in [1.54, 1.807) is 0 Å². The van der Waals surface area contributed by atoms with Gasteiger partial charge in [-0.25, -0.2) is 8.78 Å². The number of rotatable bonds is 13. The summed E-state index contributed by atoms with van der Waals surface area (Å²) in [6.07, 6.45) is 14.1. The second-order valence-electron chi connectivity index (χ2n) is 9.63. The van der Waals surface area contributed by atoms with E-state index in [-0.39, 0.29) is 18.1 Å². The number of hydrogen-bond donors (Lipinski definition) is 1. The van der Waals surface area contributed by atoms with E-state index < -0.39 is 11.6 Å². The van der Waals surface area contributed by atoms with Gasteiger partial charge in [-0.2, -0.15) is 0 Å². The van der Waals surface area contributed by atoms with Crippen molar-refractivity contribution < 1.29 is 23.0 Å². The molecule has 4 rings (SSSR count). The van der Waals surface area contributed by atoms with Gasteiger partial charge < -0.3 is 19.5 Å². The monoisotopic (exact) mass is 498 g/mol. The molecule has 2 aliphatic carbocycles. The summed E-state index contributed by atoms with van der Waals surface area (Å²) in [5, 5.41) is 3.22. The Labute approximate surface area is 212 Å². The van der Waals surface area contributed by atoms with E-state index in [2.05, 4.69) is 10.3 Å². The summed E-state index contributed by atoms with van der Waals surface area (Å²) in [4.78, 5) is 4.19. The largest absolute Gasteiger partial charge is 0.494 e. The van der Waals surface area contributed by atoms with Crippen molar-refractivity contribution in [3.8, 4) is 5.75 Å². The van der Waals surface area contributed by atoms with Crippen LogP contribution in [0.25, 0.3) is 0 Å². The molecule has 1 unspecified atom stereocenters. The van der Waals surface area contributed by atoms with E-state index in [9.17, 15) is 4.39 Å². The standard InChI is InChI=1S/C29H36F2N2O3/c1-4-19(3)29(27(31)12-20(5-2)11-22-15-32-22)35-18-28-26(30)14-25(16-33-28)36-24-8-6-7-23(13-24)34-17-21-9-10-21/h5,7,12-14,16,21-22,32H,4,6,8-11,15,17-18H2,1-3H3/b20-5-,27-12+,29-19+. The lowest BCUT2D eigenvalue weighted by Crippen LogP contribution is -2.06. The van der Waals surface area contributed by atoms with Crippen LogP contribution in [0.4, 0.5) is 8.78 Å². The van der Waals surface area contributed by atoms with Gasteiger partial charge in [0, 0.05) is 31.1 Å². The highest BCUT2D eigenvalue weighted by Gasteiger charge is 2.23. The zero-order valence-electron chi connectivity index (χ0n) is 21.4. The average molecular weight is 499 g/mol. The van der Waals surface area contributed by atoms with E-state index in [4.69, 9.17) is 14.2 Å². The van der Waals surface area contributed by atoms with Crippen LogP contribution in [-0.4, -0.2) is 24.2 Å². The molecule has 0 bridgehead atoms. The predicted molar refractivity (Wildman–Crippen MR) is 136 cm³/mol. The fourth-order valence-electron chi connectivity index (χ4n) is 3.79. The summed E-state index contributed by atoms with van der Waals surface area (Å²) in [6, 6.07) is 1.69. The molecular weight excluding hydrogens is 462 g/mol. The smallest absolute Gasteiger partial charge is 0.165 e. The maximum absolute atomic E-state index is 15.1. The average Bonchev–Trinajstić information content (AvgIpc) is 3.80. The highest BCUT2D eigenvalue weighted by Crippen LogP contribution is 2.31. The van der Waals surface area contributed by atoms with Gasteiger partial charge in [-0.05, 0) is 75.2 Å². The van der Waals surface area contributed by atoms with E-state index in [0.29, 0.717) is 36.3 Å². The number of halogens is 2. The summed E-state index contributed by atoms with van der Waals surface area (Å²) >= 11 is 0. The van der Waals surface area contributed by atoms with Crippen LogP contribution >= 0.6 is 0 Å². The summed E-state index contributed by atoms with van der Waals surface area (Å²) in [6.45, 7) is 7.14. The summed E-state index contributed by atoms with van der Waals surface area (Å²) in [5.74, 6) is 1.62. The third-order valence-electron chi connectivity index (χ3n) is 6.51. The van der Waals surface area contributed by atoms with E-state index in [1.807, 2.05) is 39.0 Å². The Kier molecular flexibility index (Phi) is 8.97. The molecule has 36 heavy (non-hydrogen) atoms. The van der Waals surface area contributed by atoms with Crippen molar-refractivity contribution in [2.45, 2.75) is 71.9 Å². The SMILES string of the molecule is C\C=C(/C=C(F)\C(OCc1ncc(OC2=CC(OCC3CC3)=CCC2)cc1F)=C(\C)CC)CC1CN1. The highest BCUT2D eigenvalue weighted by atomic mass is 19.1. The molecular formula is C29H36F2N2O3. The van der Waals surface area contributed by atoms with Gasteiger partial charge in [0.05, 0.1) is 12.8 Å². The van der Waals surface area contributed by atoms with Crippen LogP contribution < -0.4 is 10.1 Å². The van der Waals surface area contributed by atoms with E-state index >= 15 is 4.39 Å². The van der Waals surface area contributed by atoms with Gasteiger partial charge >= 0.3 is 0 Å². The number of nitrogens with zero attached hydrogens (tertiary/aromatic N) is 1. The van der Waals surface area contributed by atoms with Crippen LogP contribution in [0.1, 0.15) is 65.0 Å². The molecule has 1 atom stereocenters. The number of ether oxygens (including phenoxy) is 3. The van der Waals surface area contributed by atoms with Crippen molar-refractivity contribution in [2.24, 2.45) is 5.92 Å². The lowest BCUT2D eigenvalue weighted by atomic mass is 10.1. The third kappa shape index (κ3) is 7.79. The first-order chi connectivity index (χ1) is 17.4. The summed E-state index contributed by atoms with van der Waals surface area (Å²) in [5.41, 5.74) is 1.74. The molecule has 0 radical (unpaired) electrons. The Bertz CT molecular complexity index is 1100. The lowest BCUT2D eigenvalue weighted by Gasteiger charge is -2.16. The van der Waals surface area contributed by atoms with Gasteiger partial charge in [-0.15, -0.1) is 0 Å². The second-order valence-corrected chi connectivity index (χ2v) is 9.63. The number of aromatic nitrogens is 1. The van der Waals surface area contributed by atoms with Crippen molar-refractivity contribution in [1.82, 2.24) is 10.3 Å². The van der Waals surface area contributed by atoms with Crippen LogP contribution in [0.3, 0.4) is 0 Å². The molecule has 3 aliphatic rings. The highest BCUT2D eigenvalue weighted by molar-refractivity contribution is 5.33. The van der Waals surface area contributed by atoms with Crippen LogP contribution in [-0.2, 0) is 16.1 Å². The normalized spacial score (nSPS) is 20.9. The van der Waals surface area contributed by atoms with Crippen molar-refractivity contribution in [3.05, 3.63) is 82.3 Å². The van der Waals surface area contributed by atoms with Gasteiger partial charge in [0.2, 0.25) is 0 Å². The van der Waals surface area contributed by atoms with Gasteiger partial charge in [0.1, 0.15) is 29.6 Å². The Hall–Kier alpha value is -2.93. The Balaban J connectivity index is 1.37. The maximum atomic E-state index is 15.1. The molecule has 1 saturated heterocycles. The fraction of sp³-hybridized carbons (Fsp3) is 0.483. The van der Waals surface area contributed by atoms with Crippen molar-refractivity contribution in [2.75, 3.05) is 13.2 Å². The molecule has 1 saturated carbocycles. The minimum Gasteiger partial charge on any atom is -0.494 e. The molecule has 7 heteroatoms. The van der Waals surface area contributed by atoms with Gasteiger partial charge in [0.15, 0.2) is 17.4 Å². The van der Waals surface area contributed by atoms with Gasteiger partial charge in [-0.3, -0.25) is 4.98 Å². The molecule has 1 aromatic heterocycles.